The van der Waals surface area contributed by atoms with Crippen LogP contribution in [0.4, 0.5) is 0 Å². The molecule has 2 aromatic carbocycles. The number of nitrogens with one attached hydrogen (secondary N) is 1. The standard InChI is InChI=1S/C18H21ClN2O/c1-14(16-8-10-17(19)11-9-16)20-18(22)13-21(2)12-15-6-4-3-5-7-15/h3-11,14H,12-13H2,1-2H3,(H,20,22)/t14-/m1/s1. The average molecular weight is 317 g/mol. The van der Waals surface area contributed by atoms with Crippen molar-refractivity contribution in [3.63, 3.8) is 0 Å². The van der Waals surface area contributed by atoms with E-state index in [1.807, 2.05) is 61.3 Å². The lowest BCUT2D eigenvalue weighted by molar-refractivity contribution is -0.122. The van der Waals surface area contributed by atoms with Gasteiger partial charge in [0, 0.05) is 11.6 Å². The monoisotopic (exact) mass is 316 g/mol. The van der Waals surface area contributed by atoms with Crippen LogP contribution in [0.25, 0.3) is 0 Å². The molecule has 4 heteroatoms. The zero-order chi connectivity index (χ0) is 15.9. The number of hydrogen-bond acceptors (Lipinski definition) is 2. The van der Waals surface area contributed by atoms with Crippen LogP contribution in [0.15, 0.2) is 54.6 Å². The van der Waals surface area contributed by atoms with Crippen LogP contribution in [0.1, 0.15) is 24.1 Å². The Hall–Kier alpha value is -1.84. The van der Waals surface area contributed by atoms with Crippen molar-refractivity contribution in [3.8, 4) is 0 Å². The zero-order valence-electron chi connectivity index (χ0n) is 12.9. The van der Waals surface area contributed by atoms with Gasteiger partial charge >= 0.3 is 0 Å². The molecule has 116 valence electrons. The number of rotatable bonds is 6. The number of nitrogens with zero attached hydrogens (tertiary/aromatic N) is 1. The summed E-state index contributed by atoms with van der Waals surface area (Å²) in [5, 5.41) is 3.71. The predicted octanol–water partition coefficient (Wildman–Crippen LogP) is 3.65. The second-order valence-electron chi connectivity index (χ2n) is 5.50. The van der Waals surface area contributed by atoms with Gasteiger partial charge in [-0.2, -0.15) is 0 Å². The fraction of sp³-hybridized carbons (Fsp3) is 0.278. The molecular weight excluding hydrogens is 296 g/mol. The number of carbonyl (C=O) groups excluding carboxylic acids is 1. The maximum atomic E-state index is 12.1. The summed E-state index contributed by atoms with van der Waals surface area (Å²) < 4.78 is 0. The number of hydrogen-bond donors (Lipinski definition) is 1. The average Bonchev–Trinajstić information content (AvgIpc) is 2.48. The number of benzene rings is 2. The van der Waals surface area contributed by atoms with Crippen LogP contribution < -0.4 is 5.32 Å². The van der Waals surface area contributed by atoms with Crippen molar-refractivity contribution < 1.29 is 4.79 Å². The van der Waals surface area contributed by atoms with Crippen molar-refractivity contribution in [1.82, 2.24) is 10.2 Å². The van der Waals surface area contributed by atoms with Crippen molar-refractivity contribution in [2.24, 2.45) is 0 Å². The largest absolute Gasteiger partial charge is 0.348 e. The van der Waals surface area contributed by atoms with Crippen molar-refractivity contribution in [2.75, 3.05) is 13.6 Å². The molecule has 0 saturated carbocycles. The molecule has 0 heterocycles. The maximum absolute atomic E-state index is 12.1. The maximum Gasteiger partial charge on any atom is 0.234 e. The summed E-state index contributed by atoms with van der Waals surface area (Å²) in [6.45, 7) is 3.09. The van der Waals surface area contributed by atoms with Crippen LogP contribution in [-0.2, 0) is 11.3 Å². The molecule has 1 amide bonds. The third-order valence-electron chi connectivity index (χ3n) is 3.46. The highest BCUT2D eigenvalue weighted by Crippen LogP contribution is 2.15. The first kappa shape index (κ1) is 16.5. The Kier molecular flexibility index (Phi) is 5.99. The highest BCUT2D eigenvalue weighted by molar-refractivity contribution is 6.30. The molecule has 0 bridgehead atoms. The third-order valence-corrected chi connectivity index (χ3v) is 3.71. The molecule has 0 aliphatic carbocycles. The summed E-state index contributed by atoms with van der Waals surface area (Å²) in [7, 11) is 1.94. The first-order chi connectivity index (χ1) is 10.5. The first-order valence-electron chi connectivity index (χ1n) is 7.32. The van der Waals surface area contributed by atoms with Gasteiger partial charge in [0.25, 0.3) is 0 Å². The van der Waals surface area contributed by atoms with Crippen LogP contribution in [0.3, 0.4) is 0 Å². The zero-order valence-corrected chi connectivity index (χ0v) is 13.7. The second kappa shape index (κ2) is 7.97. The highest BCUT2D eigenvalue weighted by Gasteiger charge is 2.11. The Morgan fingerprint density at radius 2 is 1.77 bits per heavy atom. The van der Waals surface area contributed by atoms with Gasteiger partial charge in [-0.05, 0) is 37.2 Å². The molecule has 2 rings (SSSR count). The van der Waals surface area contributed by atoms with Crippen LogP contribution in [-0.4, -0.2) is 24.4 Å². The number of amides is 1. The minimum absolute atomic E-state index is 0.0147. The van der Waals surface area contributed by atoms with E-state index in [4.69, 9.17) is 11.6 Å². The van der Waals surface area contributed by atoms with Gasteiger partial charge in [-0.25, -0.2) is 0 Å². The van der Waals surface area contributed by atoms with Gasteiger partial charge in [-0.1, -0.05) is 54.1 Å². The summed E-state index contributed by atoms with van der Waals surface area (Å²) in [5.41, 5.74) is 2.24. The topological polar surface area (TPSA) is 32.3 Å². The Labute approximate surface area is 136 Å². The van der Waals surface area contributed by atoms with Crippen LogP contribution in [0.5, 0.6) is 0 Å². The van der Waals surface area contributed by atoms with E-state index in [0.717, 1.165) is 12.1 Å². The summed E-state index contributed by atoms with van der Waals surface area (Å²) in [6, 6.07) is 17.6. The predicted molar refractivity (Wildman–Crippen MR) is 90.8 cm³/mol. The van der Waals surface area contributed by atoms with E-state index in [9.17, 15) is 4.79 Å². The van der Waals surface area contributed by atoms with E-state index in [-0.39, 0.29) is 11.9 Å². The third kappa shape index (κ3) is 5.17. The second-order valence-corrected chi connectivity index (χ2v) is 5.94. The Bertz CT molecular complexity index is 598. The van der Waals surface area contributed by atoms with E-state index in [1.54, 1.807) is 0 Å². The molecule has 3 nitrogen and oxygen atoms in total. The highest BCUT2D eigenvalue weighted by atomic mass is 35.5. The van der Waals surface area contributed by atoms with Gasteiger partial charge in [-0.3, -0.25) is 9.69 Å². The molecule has 0 aliphatic heterocycles. The Morgan fingerprint density at radius 1 is 1.14 bits per heavy atom. The molecule has 0 spiro atoms. The summed E-state index contributed by atoms with van der Waals surface area (Å²) in [6.07, 6.45) is 0. The molecule has 1 atom stereocenters. The molecule has 1 N–H and O–H groups in total. The van der Waals surface area contributed by atoms with E-state index >= 15 is 0 Å². The SMILES string of the molecule is C[C@@H](NC(=O)CN(C)Cc1ccccc1)c1ccc(Cl)cc1. The van der Waals surface area contributed by atoms with Crippen LogP contribution >= 0.6 is 11.6 Å². The minimum Gasteiger partial charge on any atom is -0.348 e. The number of likely N-dealkylation sites (N-methyl/N-ethyl adjacent to an activating group) is 1. The summed E-state index contributed by atoms with van der Waals surface area (Å²) in [5.74, 6) is 0.0147. The molecular formula is C18H21ClN2O. The lowest BCUT2D eigenvalue weighted by Crippen LogP contribution is -2.36. The number of carbonyl (C=O) groups is 1. The van der Waals surface area contributed by atoms with Crippen molar-refractivity contribution in [1.29, 1.82) is 0 Å². The number of halogens is 1. The van der Waals surface area contributed by atoms with Crippen molar-refractivity contribution in [2.45, 2.75) is 19.5 Å². The van der Waals surface area contributed by atoms with E-state index in [0.29, 0.717) is 11.6 Å². The van der Waals surface area contributed by atoms with Gasteiger partial charge < -0.3 is 5.32 Å². The van der Waals surface area contributed by atoms with Crippen molar-refractivity contribution >= 4 is 17.5 Å². The lowest BCUT2D eigenvalue weighted by atomic mass is 10.1. The molecule has 0 fully saturated rings. The van der Waals surface area contributed by atoms with Gasteiger partial charge in [0.15, 0.2) is 0 Å². The van der Waals surface area contributed by atoms with Gasteiger partial charge in [0.1, 0.15) is 0 Å². The molecule has 0 radical (unpaired) electrons. The molecule has 0 unspecified atom stereocenters. The molecule has 2 aromatic rings. The van der Waals surface area contributed by atoms with Gasteiger partial charge in [0.2, 0.25) is 5.91 Å². The molecule has 0 saturated heterocycles. The van der Waals surface area contributed by atoms with E-state index in [1.165, 1.54) is 5.56 Å². The van der Waals surface area contributed by atoms with Crippen molar-refractivity contribution in [3.05, 3.63) is 70.7 Å². The van der Waals surface area contributed by atoms with E-state index < -0.39 is 0 Å². The normalized spacial score (nSPS) is 12.2. The summed E-state index contributed by atoms with van der Waals surface area (Å²) in [4.78, 5) is 14.1. The van der Waals surface area contributed by atoms with Crippen LogP contribution in [0, 0.1) is 0 Å². The smallest absolute Gasteiger partial charge is 0.234 e. The fourth-order valence-corrected chi connectivity index (χ4v) is 2.44. The molecule has 0 aromatic heterocycles. The van der Waals surface area contributed by atoms with Gasteiger partial charge in [-0.15, -0.1) is 0 Å². The Morgan fingerprint density at radius 3 is 2.41 bits per heavy atom. The summed E-state index contributed by atoms with van der Waals surface area (Å²) >= 11 is 5.87. The van der Waals surface area contributed by atoms with Gasteiger partial charge in [0.05, 0.1) is 12.6 Å². The van der Waals surface area contributed by atoms with E-state index in [2.05, 4.69) is 17.4 Å². The molecule has 22 heavy (non-hydrogen) atoms. The lowest BCUT2D eigenvalue weighted by Gasteiger charge is -2.19. The Balaban J connectivity index is 1.83. The quantitative estimate of drug-likeness (QED) is 0.882. The first-order valence-corrected chi connectivity index (χ1v) is 7.69. The fourth-order valence-electron chi connectivity index (χ4n) is 2.32. The van der Waals surface area contributed by atoms with Crippen LogP contribution in [0.2, 0.25) is 5.02 Å². The molecule has 0 aliphatic rings. The minimum atomic E-state index is -0.0325.